The van der Waals surface area contributed by atoms with Gasteiger partial charge in [0.05, 0.1) is 24.8 Å². The number of ether oxygens (including phenoxy) is 2. The lowest BCUT2D eigenvalue weighted by atomic mass is 10.1. The Bertz CT molecular complexity index is 1380. The van der Waals surface area contributed by atoms with Gasteiger partial charge in [0.15, 0.2) is 11.5 Å². The number of fused-ring (bicyclic) bond motifs is 1. The average molecular weight is 540 g/mol. The molecule has 1 N–H and O–H groups in total. The van der Waals surface area contributed by atoms with Crippen molar-refractivity contribution in [1.29, 1.82) is 0 Å². The van der Waals surface area contributed by atoms with Crippen LogP contribution in [0.5, 0.6) is 11.5 Å². The molecule has 0 spiro atoms. The van der Waals surface area contributed by atoms with Gasteiger partial charge in [-0.1, -0.05) is 67.1 Å². The van der Waals surface area contributed by atoms with Crippen molar-refractivity contribution in [2.75, 3.05) is 20.3 Å². The predicted octanol–water partition coefficient (Wildman–Crippen LogP) is 7.01. The van der Waals surface area contributed by atoms with Crippen molar-refractivity contribution in [3.8, 4) is 11.5 Å². The molecule has 1 heterocycles. The Kier molecular flexibility index (Phi) is 11.2. The Morgan fingerprint density at radius 3 is 2.58 bits per heavy atom. The van der Waals surface area contributed by atoms with Gasteiger partial charge >= 0.3 is 0 Å². The Hall–Kier alpha value is -4.06. The summed E-state index contributed by atoms with van der Waals surface area (Å²) in [5.41, 5.74) is 4.49. The summed E-state index contributed by atoms with van der Waals surface area (Å²) in [6.45, 7) is 4.15. The van der Waals surface area contributed by atoms with Crippen LogP contribution >= 0.6 is 0 Å². The highest BCUT2D eigenvalue weighted by molar-refractivity contribution is 5.76. The fraction of sp³-hybridized carbons (Fsp3) is 0.353. The van der Waals surface area contributed by atoms with Crippen molar-refractivity contribution < 1.29 is 14.3 Å². The number of hydrogen-bond acceptors (Lipinski definition) is 4. The quantitative estimate of drug-likeness (QED) is 0.156. The van der Waals surface area contributed by atoms with Gasteiger partial charge in [0.1, 0.15) is 5.82 Å². The molecule has 4 rings (SSSR count). The zero-order valence-corrected chi connectivity index (χ0v) is 23.8. The van der Waals surface area contributed by atoms with Crippen molar-refractivity contribution >= 4 is 23.0 Å². The molecule has 0 unspecified atom stereocenters. The van der Waals surface area contributed by atoms with Gasteiger partial charge in [0, 0.05) is 25.9 Å². The minimum absolute atomic E-state index is 0.124. The monoisotopic (exact) mass is 539 g/mol. The minimum Gasteiger partial charge on any atom is -0.493 e. The first-order chi connectivity index (χ1) is 19.7. The van der Waals surface area contributed by atoms with Gasteiger partial charge in [-0.25, -0.2) is 4.98 Å². The number of aryl methyl sites for hydroxylation is 3. The maximum Gasteiger partial charge on any atom is 0.220 e. The van der Waals surface area contributed by atoms with Gasteiger partial charge in [0.2, 0.25) is 5.91 Å². The number of nitrogens with one attached hydrogen (secondary N) is 1. The van der Waals surface area contributed by atoms with E-state index in [4.69, 9.17) is 14.5 Å². The van der Waals surface area contributed by atoms with Gasteiger partial charge in [-0.15, -0.1) is 0 Å². The van der Waals surface area contributed by atoms with Gasteiger partial charge in [-0.3, -0.25) is 4.79 Å². The molecule has 4 aromatic rings. The molecule has 0 fully saturated rings. The summed E-state index contributed by atoms with van der Waals surface area (Å²) in [7, 11) is 1.67. The van der Waals surface area contributed by atoms with Gasteiger partial charge in [0.25, 0.3) is 0 Å². The van der Waals surface area contributed by atoms with E-state index in [9.17, 15) is 4.79 Å². The lowest BCUT2D eigenvalue weighted by Gasteiger charge is -2.13. The number of hydrogen-bond donors (Lipinski definition) is 1. The van der Waals surface area contributed by atoms with E-state index in [0.29, 0.717) is 13.0 Å². The average Bonchev–Trinajstić information content (AvgIpc) is 3.34. The molecule has 0 aliphatic heterocycles. The number of aromatic nitrogens is 2. The molecule has 0 aliphatic rings. The lowest BCUT2D eigenvalue weighted by Crippen LogP contribution is -2.24. The van der Waals surface area contributed by atoms with E-state index in [1.807, 2.05) is 61.5 Å². The van der Waals surface area contributed by atoms with Crippen molar-refractivity contribution in [2.24, 2.45) is 0 Å². The third-order valence-electron chi connectivity index (χ3n) is 6.95. The summed E-state index contributed by atoms with van der Waals surface area (Å²) >= 11 is 0. The molecule has 1 amide bonds. The van der Waals surface area contributed by atoms with Gasteiger partial charge in [-0.05, 0) is 68.0 Å². The highest BCUT2D eigenvalue weighted by Crippen LogP contribution is 2.29. The first kappa shape index (κ1) is 28.9. The number of carbonyl (C=O) groups excluding carboxylic acids is 1. The molecule has 40 heavy (non-hydrogen) atoms. The highest BCUT2D eigenvalue weighted by atomic mass is 16.5. The van der Waals surface area contributed by atoms with E-state index in [0.717, 1.165) is 85.5 Å². The first-order valence-corrected chi connectivity index (χ1v) is 14.4. The Morgan fingerprint density at radius 1 is 0.925 bits per heavy atom. The topological polar surface area (TPSA) is 65.4 Å². The second kappa shape index (κ2) is 15.5. The standard InChI is InChI=1S/C34H41N3O3/c1-3-13-28-19-21-31(32(26-28)39-2)40-25-12-24-37-30-17-10-9-16-29(30)36-33(37)18-8-5-11-23-35-34(38)22-20-27-14-6-4-7-15-27/h3-4,6-7,9-10,13-17,19,21,26H,5,8,11-12,18,20,22-25H2,1-2H3,(H,35,38)/b13-3+. The van der Waals surface area contributed by atoms with E-state index in [1.54, 1.807) is 7.11 Å². The molecule has 0 radical (unpaired) electrons. The van der Waals surface area contributed by atoms with Crippen molar-refractivity contribution in [1.82, 2.24) is 14.9 Å². The highest BCUT2D eigenvalue weighted by Gasteiger charge is 2.11. The summed E-state index contributed by atoms with van der Waals surface area (Å²) in [5.74, 6) is 2.75. The van der Waals surface area contributed by atoms with E-state index < -0.39 is 0 Å². The molecule has 0 aliphatic carbocycles. The largest absolute Gasteiger partial charge is 0.493 e. The number of unbranched alkanes of at least 4 members (excludes halogenated alkanes) is 2. The van der Waals surface area contributed by atoms with Crippen LogP contribution in [0.15, 0.2) is 78.9 Å². The van der Waals surface area contributed by atoms with Crippen LogP contribution in [0.3, 0.4) is 0 Å². The number of amides is 1. The fourth-order valence-corrected chi connectivity index (χ4v) is 4.87. The molecule has 0 saturated carbocycles. The Balaban J connectivity index is 1.22. The number of nitrogens with zero attached hydrogens (tertiary/aromatic N) is 2. The van der Waals surface area contributed by atoms with E-state index in [-0.39, 0.29) is 5.91 Å². The zero-order chi connectivity index (χ0) is 28.0. The van der Waals surface area contributed by atoms with Gasteiger partial charge in [-0.2, -0.15) is 0 Å². The molecule has 210 valence electrons. The molecule has 3 aromatic carbocycles. The second-order valence-corrected chi connectivity index (χ2v) is 9.93. The lowest BCUT2D eigenvalue weighted by molar-refractivity contribution is -0.121. The summed E-state index contributed by atoms with van der Waals surface area (Å²) in [5, 5.41) is 3.06. The van der Waals surface area contributed by atoms with Crippen molar-refractivity contribution in [3.05, 3.63) is 95.8 Å². The maximum atomic E-state index is 12.2. The van der Waals surface area contributed by atoms with Crippen LogP contribution in [-0.2, 0) is 24.2 Å². The maximum absolute atomic E-state index is 12.2. The summed E-state index contributed by atoms with van der Waals surface area (Å²) in [6, 6.07) is 24.5. The number of rotatable bonds is 16. The molecule has 1 aromatic heterocycles. The number of imidazole rings is 1. The molecular weight excluding hydrogens is 498 g/mol. The summed E-state index contributed by atoms with van der Waals surface area (Å²) < 4.78 is 13.9. The second-order valence-electron chi connectivity index (χ2n) is 9.93. The van der Waals surface area contributed by atoms with Crippen LogP contribution in [0.2, 0.25) is 0 Å². The van der Waals surface area contributed by atoms with Crippen molar-refractivity contribution in [2.45, 2.75) is 58.4 Å². The number of methoxy groups -OCH3 is 1. The third kappa shape index (κ3) is 8.47. The normalized spacial score (nSPS) is 11.2. The first-order valence-electron chi connectivity index (χ1n) is 14.4. The number of carbonyl (C=O) groups is 1. The van der Waals surface area contributed by atoms with Gasteiger partial charge < -0.3 is 19.4 Å². The van der Waals surface area contributed by atoms with Crippen LogP contribution in [0.1, 0.15) is 56.0 Å². The Morgan fingerprint density at radius 2 is 1.75 bits per heavy atom. The van der Waals surface area contributed by atoms with Crippen LogP contribution in [-0.4, -0.2) is 35.7 Å². The molecule has 6 heteroatoms. The van der Waals surface area contributed by atoms with E-state index >= 15 is 0 Å². The van der Waals surface area contributed by atoms with Crippen LogP contribution < -0.4 is 14.8 Å². The molecule has 0 atom stereocenters. The van der Waals surface area contributed by atoms with E-state index in [1.165, 1.54) is 5.56 Å². The van der Waals surface area contributed by atoms with Crippen molar-refractivity contribution in [3.63, 3.8) is 0 Å². The zero-order valence-electron chi connectivity index (χ0n) is 23.8. The van der Waals surface area contributed by atoms with Crippen LogP contribution in [0.25, 0.3) is 17.1 Å². The predicted molar refractivity (Wildman–Crippen MR) is 163 cm³/mol. The molecule has 0 saturated heterocycles. The van der Waals surface area contributed by atoms with Crippen LogP contribution in [0, 0.1) is 0 Å². The molecule has 0 bridgehead atoms. The third-order valence-corrected chi connectivity index (χ3v) is 6.95. The fourth-order valence-electron chi connectivity index (χ4n) is 4.87. The summed E-state index contributed by atoms with van der Waals surface area (Å²) in [4.78, 5) is 17.1. The smallest absolute Gasteiger partial charge is 0.220 e. The SMILES string of the molecule is C/C=C/c1ccc(OCCCn2c(CCCCCNC(=O)CCc3ccccc3)nc3ccccc32)c(OC)c1. The molecular formula is C34H41N3O3. The summed E-state index contributed by atoms with van der Waals surface area (Å²) in [6.07, 6.45) is 10.2. The molecule has 6 nitrogen and oxygen atoms in total. The Labute approximate surface area is 238 Å². The number of benzene rings is 3. The minimum atomic E-state index is 0.124. The van der Waals surface area contributed by atoms with Crippen LogP contribution in [0.4, 0.5) is 0 Å². The van der Waals surface area contributed by atoms with E-state index in [2.05, 4.69) is 40.2 Å². The number of para-hydroxylation sites is 2. The number of allylic oxidation sites excluding steroid dienone is 1.